The molecule has 6 heteroatoms. The van der Waals surface area contributed by atoms with E-state index in [4.69, 9.17) is 4.74 Å². The van der Waals surface area contributed by atoms with Gasteiger partial charge in [0.15, 0.2) is 5.13 Å². The van der Waals surface area contributed by atoms with Crippen LogP contribution < -0.4 is 5.32 Å². The van der Waals surface area contributed by atoms with Crippen LogP contribution in [0.25, 0.3) is 0 Å². The van der Waals surface area contributed by atoms with E-state index in [0.29, 0.717) is 17.4 Å². The van der Waals surface area contributed by atoms with Crippen molar-refractivity contribution in [1.82, 2.24) is 4.98 Å². The van der Waals surface area contributed by atoms with Gasteiger partial charge < -0.3 is 9.84 Å². The molecule has 1 aromatic rings. The van der Waals surface area contributed by atoms with Gasteiger partial charge in [-0.15, -0.1) is 11.3 Å². The summed E-state index contributed by atoms with van der Waals surface area (Å²) in [6, 6.07) is 0. The summed E-state index contributed by atoms with van der Waals surface area (Å²) in [6.45, 7) is 3.98. The molecule has 2 N–H and O–H groups in total. The van der Waals surface area contributed by atoms with Gasteiger partial charge in [-0.25, -0.2) is 4.98 Å². The highest BCUT2D eigenvalue weighted by Crippen LogP contribution is 2.19. The molecule has 15 heavy (non-hydrogen) atoms. The first kappa shape index (κ1) is 12.1. The molecule has 1 aromatic heterocycles. The minimum absolute atomic E-state index is 0.0279. The van der Waals surface area contributed by atoms with Crippen LogP contribution in [-0.2, 0) is 9.53 Å². The number of amides is 1. The first-order valence-electron chi connectivity index (χ1n) is 4.64. The summed E-state index contributed by atoms with van der Waals surface area (Å²) in [7, 11) is 0. The Labute approximate surface area is 92.1 Å². The number of anilines is 1. The molecule has 0 radical (unpaired) electrons. The average molecular weight is 230 g/mol. The van der Waals surface area contributed by atoms with Gasteiger partial charge in [0.25, 0.3) is 5.91 Å². The molecule has 1 rings (SSSR count). The summed E-state index contributed by atoms with van der Waals surface area (Å²) in [6.07, 6.45) is -0.612. The minimum Gasteiger partial charge on any atom is -0.387 e. The van der Waals surface area contributed by atoms with E-state index in [2.05, 4.69) is 10.3 Å². The third-order valence-electron chi connectivity index (χ3n) is 1.63. The van der Waals surface area contributed by atoms with Crippen LogP contribution in [0.3, 0.4) is 0 Å². The van der Waals surface area contributed by atoms with E-state index in [9.17, 15) is 9.90 Å². The van der Waals surface area contributed by atoms with Crippen LogP contribution >= 0.6 is 11.3 Å². The van der Waals surface area contributed by atoms with Gasteiger partial charge in [-0.1, -0.05) is 0 Å². The van der Waals surface area contributed by atoms with Crippen molar-refractivity contribution < 1.29 is 14.6 Å². The van der Waals surface area contributed by atoms with Crippen molar-refractivity contribution >= 4 is 22.4 Å². The molecule has 1 heterocycles. The van der Waals surface area contributed by atoms with Crippen molar-refractivity contribution in [3.63, 3.8) is 0 Å². The predicted molar refractivity (Wildman–Crippen MR) is 57.9 cm³/mol. The van der Waals surface area contributed by atoms with E-state index in [1.165, 1.54) is 11.3 Å². The summed E-state index contributed by atoms with van der Waals surface area (Å²) in [5.41, 5.74) is 0.562. The number of rotatable bonds is 5. The molecule has 0 aliphatic rings. The number of aromatic nitrogens is 1. The maximum absolute atomic E-state index is 11.2. The van der Waals surface area contributed by atoms with E-state index in [0.717, 1.165) is 0 Å². The lowest BCUT2D eigenvalue weighted by Gasteiger charge is -2.01. The maximum Gasteiger partial charge on any atom is 0.252 e. The molecule has 84 valence electrons. The van der Waals surface area contributed by atoms with Crippen LogP contribution in [0.2, 0.25) is 0 Å². The molecule has 0 saturated heterocycles. The van der Waals surface area contributed by atoms with Gasteiger partial charge in [-0.3, -0.25) is 10.1 Å². The second-order valence-corrected chi connectivity index (χ2v) is 3.80. The lowest BCUT2D eigenvalue weighted by Crippen LogP contribution is -2.18. The van der Waals surface area contributed by atoms with Crippen LogP contribution in [0.5, 0.6) is 0 Å². The molecule has 0 aliphatic carbocycles. The second kappa shape index (κ2) is 5.79. The van der Waals surface area contributed by atoms with Crippen LogP contribution in [0.1, 0.15) is 25.6 Å². The number of nitrogens with one attached hydrogen (secondary N) is 1. The fourth-order valence-corrected chi connectivity index (χ4v) is 1.70. The van der Waals surface area contributed by atoms with Crippen LogP contribution in [0, 0.1) is 0 Å². The Morgan fingerprint density at radius 3 is 3.07 bits per heavy atom. The maximum atomic E-state index is 11.2. The number of nitrogens with zero attached hydrogens (tertiary/aromatic N) is 1. The van der Waals surface area contributed by atoms with Gasteiger partial charge >= 0.3 is 0 Å². The first-order chi connectivity index (χ1) is 7.13. The quantitative estimate of drug-likeness (QED) is 0.796. The highest BCUT2D eigenvalue weighted by atomic mass is 32.1. The third-order valence-corrected chi connectivity index (χ3v) is 2.41. The number of hydrogen-bond acceptors (Lipinski definition) is 5. The summed E-state index contributed by atoms with van der Waals surface area (Å²) in [4.78, 5) is 15.3. The Hall–Kier alpha value is -0.980. The standard InChI is InChI=1S/C9H14N2O3S/c1-3-14-4-8(13)11-9-10-7(5-15-9)6(2)12/h5-6,12H,3-4H2,1-2H3,(H,10,11,13). The van der Waals surface area contributed by atoms with Crippen molar-refractivity contribution in [3.8, 4) is 0 Å². The summed E-state index contributed by atoms with van der Waals surface area (Å²) >= 11 is 1.28. The topological polar surface area (TPSA) is 71.5 Å². The Kier molecular flexibility index (Phi) is 4.67. The van der Waals surface area contributed by atoms with Crippen molar-refractivity contribution in [1.29, 1.82) is 0 Å². The Balaban J connectivity index is 2.46. The molecule has 0 aliphatic heterocycles. The Bertz CT molecular complexity index is 325. The highest BCUT2D eigenvalue weighted by Gasteiger charge is 2.09. The van der Waals surface area contributed by atoms with Crippen LogP contribution in [0.4, 0.5) is 5.13 Å². The number of thiazole rings is 1. The van der Waals surface area contributed by atoms with Crippen LogP contribution in [-0.4, -0.2) is 29.2 Å². The Morgan fingerprint density at radius 2 is 2.53 bits per heavy atom. The van der Waals surface area contributed by atoms with E-state index >= 15 is 0 Å². The van der Waals surface area contributed by atoms with E-state index in [1.54, 1.807) is 12.3 Å². The van der Waals surface area contributed by atoms with Crippen LogP contribution in [0.15, 0.2) is 5.38 Å². The fourth-order valence-electron chi connectivity index (χ4n) is 0.886. The van der Waals surface area contributed by atoms with Gasteiger partial charge in [0.2, 0.25) is 0 Å². The van der Waals surface area contributed by atoms with Crippen molar-refractivity contribution in [2.45, 2.75) is 20.0 Å². The van der Waals surface area contributed by atoms with Crippen molar-refractivity contribution in [3.05, 3.63) is 11.1 Å². The summed E-state index contributed by atoms with van der Waals surface area (Å²) < 4.78 is 4.94. The molecular formula is C9H14N2O3S. The normalized spacial score (nSPS) is 12.5. The monoisotopic (exact) mass is 230 g/mol. The number of ether oxygens (including phenoxy) is 1. The smallest absolute Gasteiger partial charge is 0.252 e. The molecule has 0 aromatic carbocycles. The molecule has 5 nitrogen and oxygen atoms in total. The molecule has 0 bridgehead atoms. The van der Waals surface area contributed by atoms with Gasteiger partial charge in [0, 0.05) is 12.0 Å². The molecule has 0 fully saturated rings. The predicted octanol–water partition coefficient (Wildman–Crippen LogP) is 1.17. The molecule has 1 unspecified atom stereocenters. The van der Waals surface area contributed by atoms with E-state index < -0.39 is 6.10 Å². The van der Waals surface area contributed by atoms with Gasteiger partial charge in [0.1, 0.15) is 6.61 Å². The SMILES string of the molecule is CCOCC(=O)Nc1nc(C(C)O)cs1. The van der Waals surface area contributed by atoms with Gasteiger partial charge in [-0.05, 0) is 13.8 Å². The third kappa shape index (κ3) is 3.94. The lowest BCUT2D eigenvalue weighted by molar-refractivity contribution is -0.120. The van der Waals surface area contributed by atoms with Crippen molar-refractivity contribution in [2.75, 3.05) is 18.5 Å². The second-order valence-electron chi connectivity index (χ2n) is 2.94. The van der Waals surface area contributed by atoms with E-state index in [1.807, 2.05) is 6.92 Å². The molecule has 1 amide bonds. The highest BCUT2D eigenvalue weighted by molar-refractivity contribution is 7.13. The minimum atomic E-state index is -0.612. The molecule has 0 spiro atoms. The largest absolute Gasteiger partial charge is 0.387 e. The summed E-state index contributed by atoms with van der Waals surface area (Å²) in [5.74, 6) is -0.233. The fraction of sp³-hybridized carbons (Fsp3) is 0.556. The Morgan fingerprint density at radius 1 is 1.80 bits per heavy atom. The van der Waals surface area contributed by atoms with Gasteiger partial charge in [0.05, 0.1) is 11.8 Å². The van der Waals surface area contributed by atoms with Gasteiger partial charge in [-0.2, -0.15) is 0 Å². The zero-order valence-corrected chi connectivity index (χ0v) is 9.50. The number of aliphatic hydroxyl groups is 1. The molecule has 0 saturated carbocycles. The average Bonchev–Trinajstić information content (AvgIpc) is 2.63. The molecular weight excluding hydrogens is 216 g/mol. The first-order valence-corrected chi connectivity index (χ1v) is 5.52. The number of hydrogen-bond donors (Lipinski definition) is 2. The van der Waals surface area contributed by atoms with E-state index in [-0.39, 0.29) is 12.5 Å². The number of carbonyl (C=O) groups excluding carboxylic acids is 1. The molecule has 1 atom stereocenters. The zero-order valence-electron chi connectivity index (χ0n) is 8.69. The zero-order chi connectivity index (χ0) is 11.3. The number of aliphatic hydroxyl groups excluding tert-OH is 1. The number of carbonyl (C=O) groups is 1. The summed E-state index contributed by atoms with van der Waals surface area (Å²) in [5, 5.41) is 14.0. The lowest BCUT2D eigenvalue weighted by atomic mass is 10.3. The van der Waals surface area contributed by atoms with Crippen molar-refractivity contribution in [2.24, 2.45) is 0 Å².